The molecule has 52 heavy (non-hydrogen) atoms. The van der Waals surface area contributed by atoms with Crippen molar-refractivity contribution in [3.05, 3.63) is 24.3 Å². The Bertz CT molecular complexity index is 731. The number of amides is 1. The fourth-order valence-electron chi connectivity index (χ4n) is 7.45. The molecule has 0 atom stereocenters. The van der Waals surface area contributed by atoms with Gasteiger partial charge in [0, 0.05) is 19.5 Å². The summed E-state index contributed by atoms with van der Waals surface area (Å²) in [4.78, 5) is 15.3. The topological polar surface area (TPSA) is 46.3 Å². The summed E-state index contributed by atoms with van der Waals surface area (Å²) >= 11 is 0. The molecule has 0 aromatic heterocycles. The molecule has 0 bridgehead atoms. The van der Waals surface area contributed by atoms with Crippen molar-refractivity contribution in [2.24, 2.45) is 5.73 Å². The molecule has 2 N–H and O–H groups in total. The maximum absolute atomic E-state index is 13.0. The van der Waals surface area contributed by atoms with Gasteiger partial charge in [0.25, 0.3) is 0 Å². The van der Waals surface area contributed by atoms with E-state index in [4.69, 9.17) is 5.73 Å². The summed E-state index contributed by atoms with van der Waals surface area (Å²) in [6, 6.07) is 0. The zero-order valence-electron chi connectivity index (χ0n) is 35.9. The normalized spacial score (nSPS) is 11.8. The summed E-state index contributed by atoms with van der Waals surface area (Å²) in [6.07, 6.45) is 61.1. The zero-order chi connectivity index (χ0) is 37.7. The Kier molecular flexibility index (Phi) is 45.1. The Morgan fingerprint density at radius 1 is 0.365 bits per heavy atom. The van der Waals surface area contributed by atoms with Gasteiger partial charge in [-0.05, 0) is 83.6 Å². The highest BCUT2D eigenvalue weighted by Gasteiger charge is 2.12. The van der Waals surface area contributed by atoms with Crippen LogP contribution in [0.5, 0.6) is 0 Å². The molecule has 0 saturated heterocycles. The molecule has 0 rings (SSSR count). The van der Waals surface area contributed by atoms with Gasteiger partial charge in [-0.25, -0.2) is 0 Å². The van der Waals surface area contributed by atoms with E-state index in [1.165, 1.54) is 225 Å². The van der Waals surface area contributed by atoms with E-state index in [-0.39, 0.29) is 0 Å². The van der Waals surface area contributed by atoms with Gasteiger partial charge in [0.15, 0.2) is 0 Å². The summed E-state index contributed by atoms with van der Waals surface area (Å²) in [5, 5.41) is 0. The molecule has 0 fully saturated rings. The minimum Gasteiger partial charge on any atom is -0.343 e. The Balaban J connectivity index is 3.80. The lowest BCUT2D eigenvalue weighted by atomic mass is 10.0. The Hall–Kier alpha value is -1.09. The van der Waals surface area contributed by atoms with Gasteiger partial charge in [0.05, 0.1) is 0 Å². The SMILES string of the molecule is CCCCCCCC/C=C\CCCCCCCCCCCN(CCCCCCCCCCC/C=C\CCCCCCCCC)C(=O)CCCCCN. The fraction of sp³-hybridized carbons (Fsp3) is 0.898. The molecule has 3 nitrogen and oxygen atoms in total. The molecule has 308 valence electrons. The number of hydrogen-bond donors (Lipinski definition) is 1. The zero-order valence-corrected chi connectivity index (χ0v) is 35.9. The minimum absolute atomic E-state index is 0.391. The number of unbranched alkanes of at least 4 members (excludes halogenated alkanes) is 33. The van der Waals surface area contributed by atoms with E-state index >= 15 is 0 Å². The van der Waals surface area contributed by atoms with E-state index < -0.39 is 0 Å². The molecule has 3 heteroatoms. The van der Waals surface area contributed by atoms with Crippen LogP contribution in [0.3, 0.4) is 0 Å². The van der Waals surface area contributed by atoms with Crippen LogP contribution in [0.25, 0.3) is 0 Å². The minimum atomic E-state index is 0.391. The van der Waals surface area contributed by atoms with Gasteiger partial charge in [-0.2, -0.15) is 0 Å². The monoisotopic (exact) mass is 729 g/mol. The van der Waals surface area contributed by atoms with Crippen LogP contribution in [0.1, 0.15) is 264 Å². The first-order chi connectivity index (χ1) is 25.8. The highest BCUT2D eigenvalue weighted by Crippen LogP contribution is 2.15. The largest absolute Gasteiger partial charge is 0.343 e. The molecular formula is C49H96N2O. The number of rotatable bonds is 44. The fourth-order valence-corrected chi connectivity index (χ4v) is 7.45. The molecule has 0 saturated carbocycles. The van der Waals surface area contributed by atoms with E-state index in [2.05, 4.69) is 43.1 Å². The molecule has 0 unspecified atom stereocenters. The number of carbonyl (C=O) groups excluding carboxylic acids is 1. The lowest BCUT2D eigenvalue weighted by Crippen LogP contribution is -2.32. The smallest absolute Gasteiger partial charge is 0.222 e. The van der Waals surface area contributed by atoms with Gasteiger partial charge in [-0.15, -0.1) is 0 Å². The third-order valence-electron chi connectivity index (χ3n) is 11.1. The van der Waals surface area contributed by atoms with Crippen LogP contribution in [0.4, 0.5) is 0 Å². The molecule has 0 aliphatic carbocycles. The van der Waals surface area contributed by atoms with Gasteiger partial charge in [-0.3, -0.25) is 4.79 Å². The van der Waals surface area contributed by atoms with Crippen LogP contribution < -0.4 is 5.73 Å². The van der Waals surface area contributed by atoms with Crippen LogP contribution in [0.15, 0.2) is 24.3 Å². The molecular weight excluding hydrogens is 633 g/mol. The second kappa shape index (κ2) is 46.1. The average molecular weight is 729 g/mol. The van der Waals surface area contributed by atoms with Crippen molar-refractivity contribution >= 4 is 5.91 Å². The van der Waals surface area contributed by atoms with Crippen LogP contribution in [0.2, 0.25) is 0 Å². The van der Waals surface area contributed by atoms with Crippen LogP contribution in [0, 0.1) is 0 Å². The summed E-state index contributed by atoms with van der Waals surface area (Å²) < 4.78 is 0. The van der Waals surface area contributed by atoms with Gasteiger partial charge >= 0.3 is 0 Å². The molecule has 0 aromatic rings. The maximum Gasteiger partial charge on any atom is 0.222 e. The van der Waals surface area contributed by atoms with Crippen molar-refractivity contribution in [3.8, 4) is 0 Å². The summed E-state index contributed by atoms with van der Waals surface area (Å²) in [5.74, 6) is 0.391. The van der Waals surface area contributed by atoms with E-state index in [0.717, 1.165) is 38.9 Å². The van der Waals surface area contributed by atoms with Gasteiger partial charge < -0.3 is 10.6 Å². The quantitative estimate of drug-likeness (QED) is 0.0501. The number of allylic oxidation sites excluding steroid dienone is 4. The molecule has 0 heterocycles. The first-order valence-corrected chi connectivity index (χ1v) is 24.0. The Morgan fingerprint density at radius 3 is 0.942 bits per heavy atom. The van der Waals surface area contributed by atoms with Crippen molar-refractivity contribution in [3.63, 3.8) is 0 Å². The number of hydrogen-bond acceptors (Lipinski definition) is 2. The predicted octanol–water partition coefficient (Wildman–Crippen LogP) is 16.1. The van der Waals surface area contributed by atoms with E-state index in [0.29, 0.717) is 12.3 Å². The van der Waals surface area contributed by atoms with Crippen molar-refractivity contribution in [2.75, 3.05) is 19.6 Å². The molecule has 0 aromatic carbocycles. The van der Waals surface area contributed by atoms with Gasteiger partial charge in [0.1, 0.15) is 0 Å². The van der Waals surface area contributed by atoms with E-state index in [1.54, 1.807) is 0 Å². The van der Waals surface area contributed by atoms with Crippen LogP contribution in [-0.2, 0) is 4.79 Å². The second-order valence-corrected chi connectivity index (χ2v) is 16.3. The summed E-state index contributed by atoms with van der Waals surface area (Å²) in [5.41, 5.74) is 5.68. The Labute approximate surface area is 328 Å². The number of carbonyl (C=O) groups is 1. The van der Waals surface area contributed by atoms with Crippen LogP contribution in [-0.4, -0.2) is 30.4 Å². The number of nitrogens with two attached hydrogens (primary N) is 1. The van der Waals surface area contributed by atoms with Crippen molar-refractivity contribution < 1.29 is 4.79 Å². The first-order valence-electron chi connectivity index (χ1n) is 24.0. The lowest BCUT2D eigenvalue weighted by molar-refractivity contribution is -0.131. The average Bonchev–Trinajstić information content (AvgIpc) is 3.15. The van der Waals surface area contributed by atoms with E-state index in [1.807, 2.05) is 0 Å². The van der Waals surface area contributed by atoms with Crippen molar-refractivity contribution in [2.45, 2.75) is 264 Å². The summed E-state index contributed by atoms with van der Waals surface area (Å²) in [6.45, 7) is 7.26. The van der Waals surface area contributed by atoms with E-state index in [9.17, 15) is 4.79 Å². The van der Waals surface area contributed by atoms with Crippen molar-refractivity contribution in [1.29, 1.82) is 0 Å². The lowest BCUT2D eigenvalue weighted by Gasteiger charge is -2.23. The second-order valence-electron chi connectivity index (χ2n) is 16.3. The Morgan fingerprint density at radius 2 is 0.635 bits per heavy atom. The number of nitrogens with zero attached hydrogens (tertiary/aromatic N) is 1. The molecule has 0 aliphatic rings. The first kappa shape index (κ1) is 50.9. The van der Waals surface area contributed by atoms with Crippen LogP contribution >= 0.6 is 0 Å². The maximum atomic E-state index is 13.0. The molecule has 0 radical (unpaired) electrons. The molecule has 1 amide bonds. The van der Waals surface area contributed by atoms with Crippen molar-refractivity contribution in [1.82, 2.24) is 4.90 Å². The summed E-state index contributed by atoms with van der Waals surface area (Å²) in [7, 11) is 0. The standard InChI is InChI=1S/C49H96N2O/c1-3-5-7-9-11-13-15-17-19-21-23-25-27-29-31-33-35-37-39-44-48-51(49(52)45-41-40-42-46-50)47-43-38-36-34-32-30-28-26-24-22-20-18-16-14-12-10-8-6-4-2/h18-21H,3-17,22-48,50H2,1-2H3/b20-18-,21-19-. The highest BCUT2D eigenvalue weighted by atomic mass is 16.2. The molecule has 0 aliphatic heterocycles. The third kappa shape index (κ3) is 41.7. The third-order valence-corrected chi connectivity index (χ3v) is 11.1. The van der Waals surface area contributed by atoms with Gasteiger partial charge in [0.2, 0.25) is 5.91 Å². The highest BCUT2D eigenvalue weighted by molar-refractivity contribution is 5.76. The predicted molar refractivity (Wildman–Crippen MR) is 235 cm³/mol. The molecule has 0 spiro atoms. The van der Waals surface area contributed by atoms with Gasteiger partial charge in [-0.1, -0.05) is 205 Å².